The summed E-state index contributed by atoms with van der Waals surface area (Å²) in [7, 11) is 0. The number of carbonyl (C=O) groups is 1. The fraction of sp³-hybridized carbons (Fsp3) is 0.267. The smallest absolute Gasteiger partial charge is 0.338 e. The molecule has 0 heterocycles. The van der Waals surface area contributed by atoms with Crippen molar-refractivity contribution in [2.24, 2.45) is 0 Å². The standard InChI is InChI=1S/C8H6F2O2.C7H7BrF2/c1-4-6(9)3-2-5(7(4)10)8(11)12;1-5-6(9)3-2-4-7(5,8)10/h2-3H,1H3,(H,11,12);2-3H,4H2,1H3. The molecule has 0 aromatic heterocycles. The summed E-state index contributed by atoms with van der Waals surface area (Å²) in [6.07, 6.45) is 2.96. The minimum atomic E-state index is -1.66. The molecule has 1 atom stereocenters. The van der Waals surface area contributed by atoms with E-state index in [0.29, 0.717) is 0 Å². The van der Waals surface area contributed by atoms with Gasteiger partial charge in [0.15, 0.2) is 4.58 Å². The quantitative estimate of drug-likeness (QED) is 0.535. The molecule has 0 saturated carbocycles. The van der Waals surface area contributed by atoms with Gasteiger partial charge in [-0.1, -0.05) is 6.08 Å². The van der Waals surface area contributed by atoms with Gasteiger partial charge in [-0.15, -0.1) is 0 Å². The number of rotatable bonds is 1. The van der Waals surface area contributed by atoms with Gasteiger partial charge < -0.3 is 5.11 Å². The molecule has 22 heavy (non-hydrogen) atoms. The molecule has 0 bridgehead atoms. The summed E-state index contributed by atoms with van der Waals surface area (Å²) < 4.78 is 49.5. The lowest BCUT2D eigenvalue weighted by atomic mass is 10.0. The molecule has 2 nitrogen and oxygen atoms in total. The van der Waals surface area contributed by atoms with Gasteiger partial charge in [-0.05, 0) is 48.0 Å². The minimum Gasteiger partial charge on any atom is -0.478 e. The SMILES string of the molecule is CC1=C(F)C=CCC1(F)Br.Cc1c(F)ccc(C(=O)O)c1F. The van der Waals surface area contributed by atoms with E-state index >= 15 is 0 Å². The normalized spacial score (nSPS) is 20.5. The van der Waals surface area contributed by atoms with Gasteiger partial charge in [-0.2, -0.15) is 0 Å². The zero-order valence-corrected chi connectivity index (χ0v) is 13.3. The molecule has 2 rings (SSSR count). The number of benzene rings is 1. The van der Waals surface area contributed by atoms with E-state index in [9.17, 15) is 22.4 Å². The first-order valence-corrected chi connectivity index (χ1v) is 6.96. The van der Waals surface area contributed by atoms with E-state index in [1.807, 2.05) is 0 Å². The molecule has 1 aromatic carbocycles. The molecule has 1 unspecified atom stereocenters. The molecular formula is C15H13BrF4O2. The van der Waals surface area contributed by atoms with Crippen molar-refractivity contribution in [3.05, 3.63) is 58.4 Å². The van der Waals surface area contributed by atoms with Gasteiger partial charge in [0.2, 0.25) is 0 Å². The van der Waals surface area contributed by atoms with Crippen LogP contribution in [0.4, 0.5) is 17.6 Å². The number of halogens is 5. The second-order valence-electron chi connectivity index (χ2n) is 4.62. The highest BCUT2D eigenvalue weighted by Gasteiger charge is 2.31. The maximum absolute atomic E-state index is 13.1. The van der Waals surface area contributed by atoms with Crippen LogP contribution in [0.25, 0.3) is 0 Å². The Hall–Kier alpha value is -1.63. The van der Waals surface area contributed by atoms with E-state index < -0.39 is 33.6 Å². The molecule has 1 aliphatic rings. The molecule has 120 valence electrons. The van der Waals surface area contributed by atoms with Crippen LogP contribution in [-0.2, 0) is 0 Å². The molecule has 0 aliphatic heterocycles. The van der Waals surface area contributed by atoms with E-state index in [4.69, 9.17) is 5.11 Å². The third kappa shape index (κ3) is 4.19. The third-order valence-corrected chi connectivity index (χ3v) is 4.01. The highest BCUT2D eigenvalue weighted by atomic mass is 79.9. The third-order valence-electron chi connectivity index (χ3n) is 3.10. The number of hydrogen-bond acceptors (Lipinski definition) is 1. The second kappa shape index (κ2) is 7.09. The van der Waals surface area contributed by atoms with Crippen molar-refractivity contribution in [1.29, 1.82) is 0 Å². The van der Waals surface area contributed by atoms with Crippen molar-refractivity contribution < 1.29 is 27.5 Å². The van der Waals surface area contributed by atoms with Crippen LogP contribution in [0.5, 0.6) is 0 Å². The number of aromatic carboxylic acids is 1. The molecule has 0 spiro atoms. The molecule has 1 aliphatic carbocycles. The average Bonchev–Trinajstić information content (AvgIpc) is 2.42. The van der Waals surface area contributed by atoms with Gasteiger partial charge in [0.1, 0.15) is 17.5 Å². The highest BCUT2D eigenvalue weighted by molar-refractivity contribution is 9.10. The van der Waals surface area contributed by atoms with Gasteiger partial charge in [-0.25, -0.2) is 22.4 Å². The van der Waals surface area contributed by atoms with Gasteiger partial charge in [0.05, 0.1) is 5.56 Å². The lowest BCUT2D eigenvalue weighted by molar-refractivity contribution is 0.0691. The molecule has 0 radical (unpaired) electrons. The first-order chi connectivity index (χ1) is 10.1. The monoisotopic (exact) mass is 380 g/mol. The summed E-state index contributed by atoms with van der Waals surface area (Å²) >= 11 is 2.78. The summed E-state index contributed by atoms with van der Waals surface area (Å²) in [5, 5.41) is 8.42. The van der Waals surface area contributed by atoms with Gasteiger partial charge in [-0.3, -0.25) is 0 Å². The Bertz CT molecular complexity index is 651. The molecule has 1 aromatic rings. The summed E-state index contributed by atoms with van der Waals surface area (Å²) in [6, 6.07) is 1.84. The lowest BCUT2D eigenvalue weighted by Crippen LogP contribution is -2.17. The number of hydrogen-bond donors (Lipinski definition) is 1. The van der Waals surface area contributed by atoms with E-state index in [-0.39, 0.29) is 17.6 Å². The van der Waals surface area contributed by atoms with Crippen molar-refractivity contribution >= 4 is 21.9 Å². The fourth-order valence-electron chi connectivity index (χ4n) is 1.59. The lowest BCUT2D eigenvalue weighted by Gasteiger charge is -2.20. The molecule has 7 heteroatoms. The molecule has 0 saturated heterocycles. The maximum Gasteiger partial charge on any atom is 0.338 e. The molecule has 1 N–H and O–H groups in total. The van der Waals surface area contributed by atoms with E-state index in [1.165, 1.54) is 26.0 Å². The molecule has 0 amide bonds. The van der Waals surface area contributed by atoms with Crippen LogP contribution in [-0.4, -0.2) is 15.7 Å². The summed E-state index contributed by atoms with van der Waals surface area (Å²) in [5.41, 5.74) is -0.654. The predicted octanol–water partition coefficient (Wildman–Crippen LogP) is 5.22. The van der Waals surface area contributed by atoms with Gasteiger partial charge in [0, 0.05) is 17.6 Å². The summed E-state index contributed by atoms with van der Waals surface area (Å²) in [4.78, 5) is 10.3. The van der Waals surface area contributed by atoms with Crippen LogP contribution in [0.3, 0.4) is 0 Å². The number of carboxylic acid groups (broad SMARTS) is 1. The second-order valence-corrected chi connectivity index (χ2v) is 5.88. The van der Waals surface area contributed by atoms with E-state index in [2.05, 4.69) is 15.9 Å². The Morgan fingerprint density at radius 3 is 2.32 bits per heavy atom. The molecular weight excluding hydrogens is 368 g/mol. The topological polar surface area (TPSA) is 37.3 Å². The first-order valence-electron chi connectivity index (χ1n) is 6.17. The molecule has 0 fully saturated rings. The highest BCUT2D eigenvalue weighted by Crippen LogP contribution is 2.38. The maximum atomic E-state index is 13.1. The average molecular weight is 381 g/mol. The Morgan fingerprint density at radius 2 is 1.86 bits per heavy atom. The Labute approximate surface area is 133 Å². The van der Waals surface area contributed by atoms with E-state index in [1.54, 1.807) is 0 Å². The van der Waals surface area contributed by atoms with Crippen LogP contribution in [0.1, 0.15) is 29.3 Å². The zero-order chi connectivity index (χ0) is 17.1. The Balaban J connectivity index is 0.000000224. The van der Waals surface area contributed by atoms with Crippen molar-refractivity contribution in [2.45, 2.75) is 24.8 Å². The van der Waals surface area contributed by atoms with Crippen LogP contribution in [0, 0.1) is 18.6 Å². The fourth-order valence-corrected chi connectivity index (χ4v) is 1.97. The van der Waals surface area contributed by atoms with Crippen molar-refractivity contribution in [3.8, 4) is 0 Å². The van der Waals surface area contributed by atoms with Crippen LogP contribution < -0.4 is 0 Å². The van der Waals surface area contributed by atoms with Crippen LogP contribution >= 0.6 is 15.9 Å². The van der Waals surface area contributed by atoms with Gasteiger partial charge in [0.25, 0.3) is 0 Å². The van der Waals surface area contributed by atoms with Crippen LogP contribution in [0.15, 0.2) is 35.7 Å². The number of allylic oxidation sites excluding steroid dienone is 4. The number of carboxylic acids is 1. The van der Waals surface area contributed by atoms with Crippen LogP contribution in [0.2, 0.25) is 0 Å². The first kappa shape index (κ1) is 18.4. The Morgan fingerprint density at radius 1 is 1.27 bits per heavy atom. The minimum absolute atomic E-state index is 0.120. The zero-order valence-electron chi connectivity index (χ0n) is 11.8. The van der Waals surface area contributed by atoms with Crippen molar-refractivity contribution in [2.75, 3.05) is 0 Å². The Kier molecular flexibility index (Phi) is 5.93. The van der Waals surface area contributed by atoms with Gasteiger partial charge >= 0.3 is 5.97 Å². The van der Waals surface area contributed by atoms with E-state index in [0.717, 1.165) is 12.1 Å². The number of alkyl halides is 2. The summed E-state index contributed by atoms with van der Waals surface area (Å²) in [5.74, 6) is -3.62. The van der Waals surface area contributed by atoms with Crippen molar-refractivity contribution in [1.82, 2.24) is 0 Å². The summed E-state index contributed by atoms with van der Waals surface area (Å²) in [6.45, 7) is 2.63. The largest absolute Gasteiger partial charge is 0.478 e. The van der Waals surface area contributed by atoms with Crippen molar-refractivity contribution in [3.63, 3.8) is 0 Å². The predicted molar refractivity (Wildman–Crippen MR) is 78.4 cm³/mol.